The number of carbonyl (C=O) groups excluding carboxylic acids is 1. The molecule has 0 aliphatic rings. The third kappa shape index (κ3) is 5.70. The Morgan fingerprint density at radius 1 is 1.12 bits per heavy atom. The molecule has 0 saturated carbocycles. The highest BCUT2D eigenvalue weighted by molar-refractivity contribution is 7.99. The first kappa shape index (κ1) is 19.1. The molecule has 2 rings (SSSR count). The Labute approximate surface area is 156 Å². The molecule has 0 unspecified atom stereocenters. The van der Waals surface area contributed by atoms with Crippen LogP contribution in [0.3, 0.4) is 0 Å². The van der Waals surface area contributed by atoms with Gasteiger partial charge in [0.15, 0.2) is 12.4 Å². The van der Waals surface area contributed by atoms with E-state index in [1.165, 1.54) is 36.4 Å². The number of rotatable bonds is 6. The summed E-state index contributed by atoms with van der Waals surface area (Å²) in [5, 5.41) is 3.30. The lowest BCUT2D eigenvalue weighted by molar-refractivity contribution is -0.118. The van der Waals surface area contributed by atoms with Crippen LogP contribution in [0.5, 0.6) is 5.75 Å². The van der Waals surface area contributed by atoms with Crippen molar-refractivity contribution in [2.45, 2.75) is 10.7 Å². The third-order valence-corrected chi connectivity index (χ3v) is 4.18. The lowest BCUT2D eigenvalue weighted by Crippen LogP contribution is -2.20. The van der Waals surface area contributed by atoms with Crippen LogP contribution in [0, 0.1) is 0 Å². The van der Waals surface area contributed by atoms with E-state index in [2.05, 4.69) is 5.32 Å². The minimum Gasteiger partial charge on any atom is -0.481 e. The number of benzene rings is 2. The van der Waals surface area contributed by atoms with Gasteiger partial charge in [-0.15, -0.1) is 0 Å². The zero-order valence-electron chi connectivity index (χ0n) is 11.9. The number of thioether (sulfide) groups is 1. The van der Waals surface area contributed by atoms with Gasteiger partial charge in [0.05, 0.1) is 10.0 Å². The summed E-state index contributed by atoms with van der Waals surface area (Å²) < 4.78 is 29.8. The topological polar surface area (TPSA) is 38.3 Å². The number of carbonyl (C=O) groups is 1. The van der Waals surface area contributed by atoms with Gasteiger partial charge in [-0.1, -0.05) is 46.6 Å². The van der Waals surface area contributed by atoms with E-state index in [1.807, 2.05) is 0 Å². The Kier molecular flexibility index (Phi) is 6.98. The van der Waals surface area contributed by atoms with Gasteiger partial charge < -0.3 is 10.1 Å². The molecule has 0 bridgehead atoms. The Bertz CT molecular complexity index is 706. The maximum atomic E-state index is 12.2. The first-order valence-electron chi connectivity index (χ1n) is 6.47. The van der Waals surface area contributed by atoms with Crippen molar-refractivity contribution in [3.63, 3.8) is 0 Å². The van der Waals surface area contributed by atoms with E-state index in [-0.39, 0.29) is 22.4 Å². The Morgan fingerprint density at radius 2 is 1.71 bits per heavy atom. The normalized spacial score (nSPS) is 10.8. The van der Waals surface area contributed by atoms with Crippen molar-refractivity contribution in [1.82, 2.24) is 0 Å². The standard InChI is InChI=1S/C15H10Cl3F2NO2S/c16-8-5-11(17)14(12(18)6-8)23-7-13(22)21-9-1-3-10(4-2-9)24-15(19)20/h1-6,15H,7H2,(H,21,22). The molecule has 128 valence electrons. The largest absolute Gasteiger partial charge is 0.481 e. The fourth-order valence-electron chi connectivity index (χ4n) is 1.72. The van der Waals surface area contributed by atoms with Crippen LogP contribution in [0.1, 0.15) is 0 Å². The summed E-state index contributed by atoms with van der Waals surface area (Å²) in [4.78, 5) is 12.3. The van der Waals surface area contributed by atoms with Crippen LogP contribution < -0.4 is 10.1 Å². The van der Waals surface area contributed by atoms with Crippen molar-refractivity contribution in [3.05, 3.63) is 51.5 Å². The summed E-state index contributed by atoms with van der Waals surface area (Å²) in [6, 6.07) is 8.90. The summed E-state index contributed by atoms with van der Waals surface area (Å²) in [6.07, 6.45) is 0. The minimum atomic E-state index is -2.49. The molecule has 0 saturated heterocycles. The fraction of sp³-hybridized carbons (Fsp3) is 0.133. The first-order chi connectivity index (χ1) is 11.3. The maximum Gasteiger partial charge on any atom is 0.288 e. The Hall–Kier alpha value is -1.21. The molecule has 0 aliphatic carbocycles. The summed E-state index contributed by atoms with van der Waals surface area (Å²) in [5.74, 6) is -2.79. The number of nitrogens with one attached hydrogen (secondary N) is 1. The molecule has 2 aromatic carbocycles. The number of ether oxygens (including phenoxy) is 1. The molecule has 0 aliphatic heterocycles. The maximum absolute atomic E-state index is 12.2. The van der Waals surface area contributed by atoms with Crippen LogP contribution in [0.2, 0.25) is 15.1 Å². The van der Waals surface area contributed by atoms with Gasteiger partial charge in [0.1, 0.15) is 0 Å². The van der Waals surface area contributed by atoms with Gasteiger partial charge in [-0.2, -0.15) is 8.78 Å². The van der Waals surface area contributed by atoms with Crippen LogP contribution in [-0.2, 0) is 4.79 Å². The molecule has 0 atom stereocenters. The molecular formula is C15H10Cl3F2NO2S. The molecule has 0 fully saturated rings. The second-order valence-electron chi connectivity index (χ2n) is 4.44. The van der Waals surface area contributed by atoms with Gasteiger partial charge >= 0.3 is 0 Å². The van der Waals surface area contributed by atoms with Crippen molar-refractivity contribution in [3.8, 4) is 5.75 Å². The number of hydrogen-bond acceptors (Lipinski definition) is 3. The van der Waals surface area contributed by atoms with Gasteiger partial charge in [-0.25, -0.2) is 0 Å². The summed E-state index contributed by atoms with van der Waals surface area (Å²) in [6.45, 7) is -0.325. The summed E-state index contributed by atoms with van der Waals surface area (Å²) in [7, 11) is 0. The molecule has 9 heteroatoms. The van der Waals surface area contributed by atoms with Gasteiger partial charge in [-0.05, 0) is 36.4 Å². The fourth-order valence-corrected chi connectivity index (χ4v) is 3.15. The van der Waals surface area contributed by atoms with E-state index in [0.29, 0.717) is 27.4 Å². The van der Waals surface area contributed by atoms with E-state index in [9.17, 15) is 13.6 Å². The quantitative estimate of drug-likeness (QED) is 0.593. The number of alkyl halides is 2. The Morgan fingerprint density at radius 3 is 2.25 bits per heavy atom. The Balaban J connectivity index is 1.92. The third-order valence-electron chi connectivity index (χ3n) is 2.67. The lowest BCUT2D eigenvalue weighted by Gasteiger charge is -2.11. The van der Waals surface area contributed by atoms with Crippen LogP contribution in [-0.4, -0.2) is 18.3 Å². The van der Waals surface area contributed by atoms with E-state index < -0.39 is 11.7 Å². The average Bonchev–Trinajstić information content (AvgIpc) is 2.47. The van der Waals surface area contributed by atoms with Gasteiger partial charge in [0.25, 0.3) is 11.7 Å². The highest BCUT2D eigenvalue weighted by Gasteiger charge is 2.12. The number of amides is 1. The molecule has 0 aromatic heterocycles. The van der Waals surface area contributed by atoms with E-state index in [1.54, 1.807) is 0 Å². The van der Waals surface area contributed by atoms with Crippen molar-refractivity contribution < 1.29 is 18.3 Å². The van der Waals surface area contributed by atoms with Gasteiger partial charge in [-0.3, -0.25) is 4.79 Å². The van der Waals surface area contributed by atoms with E-state index in [4.69, 9.17) is 39.5 Å². The second kappa shape index (κ2) is 8.76. The van der Waals surface area contributed by atoms with Crippen molar-refractivity contribution in [1.29, 1.82) is 0 Å². The molecular weight excluding hydrogens is 403 g/mol. The summed E-state index contributed by atoms with van der Waals surface area (Å²) in [5.41, 5.74) is 0.454. The molecule has 0 spiro atoms. The molecule has 1 N–H and O–H groups in total. The second-order valence-corrected chi connectivity index (χ2v) is 6.75. The monoisotopic (exact) mass is 411 g/mol. The number of anilines is 1. The van der Waals surface area contributed by atoms with Gasteiger partial charge in [0, 0.05) is 15.6 Å². The van der Waals surface area contributed by atoms with Crippen molar-refractivity contribution in [2.75, 3.05) is 11.9 Å². The summed E-state index contributed by atoms with van der Waals surface area (Å²) >= 11 is 18.1. The highest BCUT2D eigenvalue weighted by Crippen LogP contribution is 2.35. The van der Waals surface area contributed by atoms with Crippen molar-refractivity contribution >= 4 is 58.2 Å². The molecule has 2 aromatic rings. The van der Waals surface area contributed by atoms with Gasteiger partial charge in [0.2, 0.25) is 0 Å². The minimum absolute atomic E-state index is 0.154. The highest BCUT2D eigenvalue weighted by atomic mass is 35.5. The molecule has 24 heavy (non-hydrogen) atoms. The van der Waals surface area contributed by atoms with Crippen molar-refractivity contribution in [2.24, 2.45) is 0 Å². The first-order valence-corrected chi connectivity index (χ1v) is 8.48. The van der Waals surface area contributed by atoms with E-state index in [0.717, 1.165) is 0 Å². The molecule has 0 radical (unpaired) electrons. The molecule has 3 nitrogen and oxygen atoms in total. The SMILES string of the molecule is O=C(COc1c(Cl)cc(Cl)cc1Cl)Nc1ccc(SC(F)F)cc1. The van der Waals surface area contributed by atoms with E-state index >= 15 is 0 Å². The smallest absolute Gasteiger partial charge is 0.288 e. The number of halogens is 5. The average molecular weight is 413 g/mol. The van der Waals surface area contributed by atoms with Crippen LogP contribution in [0.4, 0.5) is 14.5 Å². The molecule has 1 amide bonds. The van der Waals surface area contributed by atoms with Crippen LogP contribution >= 0.6 is 46.6 Å². The van der Waals surface area contributed by atoms with Crippen LogP contribution in [0.15, 0.2) is 41.3 Å². The lowest BCUT2D eigenvalue weighted by atomic mass is 10.3. The predicted molar refractivity (Wildman–Crippen MR) is 93.9 cm³/mol. The van der Waals surface area contributed by atoms with Crippen LogP contribution in [0.25, 0.3) is 0 Å². The zero-order chi connectivity index (χ0) is 17.7. The zero-order valence-corrected chi connectivity index (χ0v) is 14.9. The number of hydrogen-bond donors (Lipinski definition) is 1. The molecule has 0 heterocycles. The predicted octanol–water partition coefficient (Wildman–Crippen LogP) is 5.98.